The molecule has 2 aromatic rings. The molecule has 27 heavy (non-hydrogen) atoms. The number of para-hydroxylation sites is 1. The highest BCUT2D eigenvalue weighted by molar-refractivity contribution is 5.94. The molecule has 5 nitrogen and oxygen atoms in total. The number of nitrogens with zero attached hydrogens (tertiary/aromatic N) is 1. The van der Waals surface area contributed by atoms with Crippen molar-refractivity contribution in [1.82, 2.24) is 15.2 Å². The van der Waals surface area contributed by atoms with Crippen LogP contribution in [-0.4, -0.2) is 41.5 Å². The van der Waals surface area contributed by atoms with Crippen molar-refractivity contribution >= 4 is 16.8 Å². The summed E-state index contributed by atoms with van der Waals surface area (Å²) < 4.78 is 5.87. The molecule has 1 fully saturated rings. The topological polar surface area (TPSA) is 57.4 Å². The number of amides is 1. The van der Waals surface area contributed by atoms with Gasteiger partial charge in [0.15, 0.2) is 0 Å². The van der Waals surface area contributed by atoms with Crippen molar-refractivity contribution < 1.29 is 9.53 Å². The molecule has 4 heterocycles. The van der Waals surface area contributed by atoms with E-state index in [0.29, 0.717) is 18.5 Å². The summed E-state index contributed by atoms with van der Waals surface area (Å²) in [4.78, 5) is 18.9. The standard InChI is InChI=1S/C22H27N3O2/c1-3-23-22(26)18-12-27-13(2)17-11-25-9-8-15-14-6-4-5-7-19(14)24-21(15)20(25)10-16(17)18/h4-7,12-13,16-17,20,24H,3,8-11H2,1-2H3,(H,23,26)/t13-,16?,17+,20?/m0/s1. The number of rotatable bonds is 2. The number of H-pyrrole nitrogens is 1. The summed E-state index contributed by atoms with van der Waals surface area (Å²) in [5.41, 5.74) is 4.87. The summed E-state index contributed by atoms with van der Waals surface area (Å²) in [5.74, 6) is 0.647. The van der Waals surface area contributed by atoms with Gasteiger partial charge < -0.3 is 15.0 Å². The lowest BCUT2D eigenvalue weighted by molar-refractivity contribution is -0.120. The maximum absolute atomic E-state index is 12.6. The van der Waals surface area contributed by atoms with Gasteiger partial charge in [0, 0.05) is 48.1 Å². The minimum absolute atomic E-state index is 0.0283. The first kappa shape index (κ1) is 16.9. The van der Waals surface area contributed by atoms with Crippen LogP contribution in [-0.2, 0) is 16.0 Å². The van der Waals surface area contributed by atoms with Crippen LogP contribution in [0.4, 0.5) is 0 Å². The van der Waals surface area contributed by atoms with Crippen LogP contribution < -0.4 is 5.32 Å². The number of hydrogen-bond acceptors (Lipinski definition) is 3. The molecule has 0 bridgehead atoms. The molecule has 3 aliphatic heterocycles. The number of piperidine rings is 1. The van der Waals surface area contributed by atoms with E-state index in [-0.39, 0.29) is 17.9 Å². The minimum Gasteiger partial charge on any atom is -0.497 e. The van der Waals surface area contributed by atoms with Gasteiger partial charge in [0.05, 0.1) is 24.0 Å². The van der Waals surface area contributed by atoms with E-state index >= 15 is 0 Å². The van der Waals surface area contributed by atoms with E-state index in [9.17, 15) is 4.79 Å². The van der Waals surface area contributed by atoms with Crippen LogP contribution in [0.2, 0.25) is 0 Å². The molecule has 0 saturated carbocycles. The maximum atomic E-state index is 12.6. The van der Waals surface area contributed by atoms with Crippen LogP contribution >= 0.6 is 0 Å². The molecule has 0 spiro atoms. The van der Waals surface area contributed by atoms with Crippen molar-refractivity contribution in [2.75, 3.05) is 19.6 Å². The molecule has 3 aliphatic rings. The zero-order valence-corrected chi connectivity index (χ0v) is 16.0. The number of fused-ring (bicyclic) bond motifs is 6. The van der Waals surface area contributed by atoms with Gasteiger partial charge in [-0.25, -0.2) is 0 Å². The number of aromatic nitrogens is 1. The molecule has 4 atom stereocenters. The quantitative estimate of drug-likeness (QED) is 0.860. The molecule has 2 N–H and O–H groups in total. The fourth-order valence-corrected chi connectivity index (χ4v) is 5.35. The number of carbonyl (C=O) groups excluding carboxylic acids is 1. The first-order valence-corrected chi connectivity index (χ1v) is 10.1. The number of ether oxygens (including phenoxy) is 1. The lowest BCUT2D eigenvalue weighted by Crippen LogP contribution is -2.52. The maximum Gasteiger partial charge on any atom is 0.250 e. The number of nitrogens with one attached hydrogen (secondary N) is 2. The number of likely N-dealkylation sites (N-methyl/N-ethyl adjacent to an activating group) is 1. The Balaban J connectivity index is 1.52. The second kappa shape index (κ2) is 6.41. The van der Waals surface area contributed by atoms with Crippen molar-refractivity contribution in [2.45, 2.75) is 38.8 Å². The average Bonchev–Trinajstić information content (AvgIpc) is 3.06. The summed E-state index contributed by atoms with van der Waals surface area (Å²) in [6, 6.07) is 8.96. The molecule has 1 saturated heterocycles. The third-order valence-electron chi connectivity index (χ3n) is 6.72. The molecule has 2 unspecified atom stereocenters. The van der Waals surface area contributed by atoms with Crippen LogP contribution in [0.1, 0.15) is 37.6 Å². The number of hydrogen-bond donors (Lipinski definition) is 2. The van der Waals surface area contributed by atoms with E-state index < -0.39 is 0 Å². The molecular weight excluding hydrogens is 338 g/mol. The third-order valence-corrected chi connectivity index (χ3v) is 6.72. The number of aromatic amines is 1. The Hall–Kier alpha value is -2.27. The monoisotopic (exact) mass is 365 g/mol. The van der Waals surface area contributed by atoms with Crippen molar-refractivity contribution in [3.8, 4) is 0 Å². The lowest BCUT2D eigenvalue weighted by Gasteiger charge is -2.49. The highest BCUT2D eigenvalue weighted by atomic mass is 16.5. The van der Waals surface area contributed by atoms with Gasteiger partial charge in [-0.1, -0.05) is 18.2 Å². The van der Waals surface area contributed by atoms with Crippen LogP contribution in [0, 0.1) is 11.8 Å². The van der Waals surface area contributed by atoms with Crippen LogP contribution in [0.15, 0.2) is 36.1 Å². The van der Waals surface area contributed by atoms with Gasteiger partial charge in [-0.2, -0.15) is 0 Å². The van der Waals surface area contributed by atoms with Gasteiger partial charge in [0.1, 0.15) is 0 Å². The van der Waals surface area contributed by atoms with E-state index in [1.807, 2.05) is 6.92 Å². The molecule has 5 heteroatoms. The first-order chi connectivity index (χ1) is 13.2. The Kier molecular flexibility index (Phi) is 4.01. The molecule has 0 aliphatic carbocycles. The second-order valence-electron chi connectivity index (χ2n) is 8.10. The van der Waals surface area contributed by atoms with E-state index in [1.54, 1.807) is 6.26 Å². The van der Waals surface area contributed by atoms with Crippen molar-refractivity contribution in [3.63, 3.8) is 0 Å². The van der Waals surface area contributed by atoms with Crippen LogP contribution in [0.5, 0.6) is 0 Å². The van der Waals surface area contributed by atoms with E-state index in [0.717, 1.165) is 31.5 Å². The third kappa shape index (κ3) is 2.59. The Morgan fingerprint density at radius 1 is 1.37 bits per heavy atom. The number of benzene rings is 1. The van der Waals surface area contributed by atoms with Gasteiger partial charge in [-0.15, -0.1) is 0 Å². The predicted octanol–water partition coefficient (Wildman–Crippen LogP) is 3.14. The first-order valence-electron chi connectivity index (χ1n) is 10.1. The van der Waals surface area contributed by atoms with E-state index in [4.69, 9.17) is 4.74 Å². The summed E-state index contributed by atoms with van der Waals surface area (Å²) >= 11 is 0. The van der Waals surface area contributed by atoms with Gasteiger partial charge >= 0.3 is 0 Å². The molecule has 142 valence electrons. The van der Waals surface area contributed by atoms with Crippen molar-refractivity contribution in [1.29, 1.82) is 0 Å². The Bertz CT molecular complexity index is 915. The van der Waals surface area contributed by atoms with Gasteiger partial charge in [0.25, 0.3) is 5.91 Å². The highest BCUT2D eigenvalue weighted by Gasteiger charge is 2.46. The Labute approximate surface area is 159 Å². The predicted molar refractivity (Wildman–Crippen MR) is 105 cm³/mol. The summed E-state index contributed by atoms with van der Waals surface area (Å²) in [5, 5.41) is 4.32. The largest absolute Gasteiger partial charge is 0.497 e. The normalized spacial score (nSPS) is 29.9. The van der Waals surface area contributed by atoms with E-state index in [2.05, 4.69) is 46.4 Å². The van der Waals surface area contributed by atoms with Crippen LogP contribution in [0.25, 0.3) is 10.9 Å². The highest BCUT2D eigenvalue weighted by Crippen LogP contribution is 2.47. The zero-order chi connectivity index (χ0) is 18.5. The SMILES string of the molecule is CCNC(=O)C1=CO[C@@H](C)[C@H]2CN3CCc4c([nH]c5ccccc45)C3CC12. The Morgan fingerprint density at radius 3 is 3.07 bits per heavy atom. The fourth-order valence-electron chi connectivity index (χ4n) is 5.35. The fraction of sp³-hybridized carbons (Fsp3) is 0.500. The average molecular weight is 365 g/mol. The summed E-state index contributed by atoms with van der Waals surface area (Å²) in [7, 11) is 0. The second-order valence-corrected chi connectivity index (χ2v) is 8.10. The van der Waals surface area contributed by atoms with Crippen LogP contribution in [0.3, 0.4) is 0 Å². The molecule has 5 rings (SSSR count). The molecule has 1 amide bonds. The molecule has 1 aromatic carbocycles. The molecule has 0 radical (unpaired) electrons. The van der Waals surface area contributed by atoms with Gasteiger partial charge in [0.2, 0.25) is 0 Å². The van der Waals surface area contributed by atoms with Crippen molar-refractivity contribution in [2.24, 2.45) is 11.8 Å². The van der Waals surface area contributed by atoms with E-state index in [1.165, 1.54) is 22.2 Å². The number of carbonyl (C=O) groups is 1. The molecular formula is C22H27N3O2. The summed E-state index contributed by atoms with van der Waals surface area (Å²) in [6.07, 6.45) is 3.93. The van der Waals surface area contributed by atoms with Gasteiger partial charge in [-0.3, -0.25) is 9.69 Å². The molecule has 1 aromatic heterocycles. The lowest BCUT2D eigenvalue weighted by atomic mass is 9.72. The van der Waals surface area contributed by atoms with Crippen molar-refractivity contribution in [3.05, 3.63) is 47.4 Å². The Morgan fingerprint density at radius 2 is 2.22 bits per heavy atom. The van der Waals surface area contributed by atoms with Gasteiger partial charge in [-0.05, 0) is 38.3 Å². The summed E-state index contributed by atoms with van der Waals surface area (Å²) in [6.45, 7) is 6.81. The zero-order valence-electron chi connectivity index (χ0n) is 16.0. The minimum atomic E-state index is 0.0283. The smallest absolute Gasteiger partial charge is 0.250 e.